The number of fused-ring (bicyclic) bond motifs is 5. The number of methoxy groups -OCH3 is 1. The number of hydrazone groups is 1. The van der Waals surface area contributed by atoms with E-state index in [9.17, 15) is 9.59 Å². The van der Waals surface area contributed by atoms with Gasteiger partial charge < -0.3 is 9.47 Å². The molecule has 6 nitrogen and oxygen atoms in total. The molecule has 0 N–H and O–H groups in total. The maximum atomic E-state index is 12.8. The van der Waals surface area contributed by atoms with Crippen LogP contribution >= 0.6 is 27.5 Å². The predicted molar refractivity (Wildman–Crippen MR) is 124 cm³/mol. The van der Waals surface area contributed by atoms with E-state index in [4.69, 9.17) is 21.1 Å². The van der Waals surface area contributed by atoms with Crippen LogP contribution in [0.15, 0.2) is 58.1 Å². The summed E-state index contributed by atoms with van der Waals surface area (Å²) in [5.74, 6) is 0.431. The van der Waals surface area contributed by atoms with Crippen molar-refractivity contribution >= 4 is 45.6 Å². The third-order valence-corrected chi connectivity index (χ3v) is 7.29. The second-order valence-electron chi connectivity index (χ2n) is 8.17. The summed E-state index contributed by atoms with van der Waals surface area (Å²) in [5, 5.41) is 5.94. The SMILES string of the molecule is COc1cc(C=NN2C(=O)[C@@H]3[C@H](C2=O)[C@H]2C=C[C@H]3C2)c(Br)cc1OCc1ccc(Cl)cc1. The number of benzene rings is 2. The molecule has 0 radical (unpaired) electrons. The van der Waals surface area contributed by atoms with Crippen LogP contribution in [0.3, 0.4) is 0 Å². The van der Waals surface area contributed by atoms with Gasteiger partial charge in [0.05, 0.1) is 25.2 Å². The number of amides is 2. The van der Waals surface area contributed by atoms with Gasteiger partial charge in [0.1, 0.15) is 6.61 Å². The van der Waals surface area contributed by atoms with Gasteiger partial charge in [0.25, 0.3) is 11.8 Å². The van der Waals surface area contributed by atoms with Crippen molar-refractivity contribution in [3.05, 3.63) is 69.2 Å². The summed E-state index contributed by atoms with van der Waals surface area (Å²) in [6.45, 7) is 0.351. The molecule has 5 rings (SSSR count). The van der Waals surface area contributed by atoms with Gasteiger partial charge in [-0.2, -0.15) is 10.1 Å². The Morgan fingerprint density at radius 3 is 2.38 bits per heavy atom. The minimum absolute atomic E-state index is 0.158. The van der Waals surface area contributed by atoms with E-state index < -0.39 is 0 Å². The highest BCUT2D eigenvalue weighted by molar-refractivity contribution is 9.10. The van der Waals surface area contributed by atoms with Gasteiger partial charge in [-0.3, -0.25) is 9.59 Å². The van der Waals surface area contributed by atoms with E-state index in [1.165, 1.54) is 6.21 Å². The summed E-state index contributed by atoms with van der Waals surface area (Å²) >= 11 is 9.45. The molecule has 1 saturated carbocycles. The molecule has 2 fully saturated rings. The fraction of sp³-hybridized carbons (Fsp3) is 0.292. The zero-order valence-corrected chi connectivity index (χ0v) is 19.5. The van der Waals surface area contributed by atoms with Gasteiger partial charge in [-0.25, -0.2) is 0 Å². The molecule has 1 saturated heterocycles. The van der Waals surface area contributed by atoms with Crippen molar-refractivity contribution in [2.75, 3.05) is 7.11 Å². The van der Waals surface area contributed by atoms with Gasteiger partial charge in [0.2, 0.25) is 0 Å². The number of hydrogen-bond acceptors (Lipinski definition) is 5. The fourth-order valence-corrected chi connectivity index (χ4v) is 5.33. The third-order valence-electron chi connectivity index (χ3n) is 6.35. The van der Waals surface area contributed by atoms with Crippen LogP contribution in [-0.2, 0) is 16.2 Å². The van der Waals surface area contributed by atoms with Crippen LogP contribution in [0.1, 0.15) is 17.5 Å². The largest absolute Gasteiger partial charge is 0.493 e. The van der Waals surface area contributed by atoms with Crippen molar-refractivity contribution in [2.24, 2.45) is 28.8 Å². The summed E-state index contributed by atoms with van der Waals surface area (Å²) in [6.07, 6.45) is 6.52. The lowest BCUT2D eigenvalue weighted by Crippen LogP contribution is -2.28. The van der Waals surface area contributed by atoms with Gasteiger partial charge in [-0.05, 0) is 64.0 Å². The molecule has 8 heteroatoms. The zero-order chi connectivity index (χ0) is 22.4. The first-order valence-corrected chi connectivity index (χ1v) is 11.5. The van der Waals surface area contributed by atoms with Crippen molar-refractivity contribution in [1.29, 1.82) is 0 Å². The Morgan fingerprint density at radius 1 is 1.09 bits per heavy atom. The minimum Gasteiger partial charge on any atom is -0.493 e. The smallest absolute Gasteiger partial charge is 0.254 e. The maximum Gasteiger partial charge on any atom is 0.254 e. The average Bonchev–Trinajstić information content (AvgIpc) is 3.47. The second-order valence-corrected chi connectivity index (χ2v) is 9.46. The normalized spacial score (nSPS) is 25.8. The lowest BCUT2D eigenvalue weighted by Gasteiger charge is -2.14. The fourth-order valence-electron chi connectivity index (χ4n) is 4.78. The maximum absolute atomic E-state index is 12.8. The standard InChI is InChI=1S/C24H20BrClN2O4/c1-31-19-9-16(18(25)10-20(19)32-12-13-2-6-17(26)7-3-13)11-27-28-23(29)21-14-4-5-15(8-14)22(21)24(28)30/h2-7,9-11,14-15,21-22H,8,12H2,1H3/t14-,15-,21-,22+/m0/s1. The van der Waals surface area contributed by atoms with Crippen molar-refractivity contribution in [3.63, 3.8) is 0 Å². The van der Waals surface area contributed by atoms with Crippen LogP contribution in [0, 0.1) is 23.7 Å². The molecule has 2 bridgehead atoms. The molecule has 4 atom stereocenters. The van der Waals surface area contributed by atoms with Crippen LogP contribution in [0.2, 0.25) is 5.02 Å². The van der Waals surface area contributed by atoms with E-state index in [0.717, 1.165) is 17.0 Å². The van der Waals surface area contributed by atoms with E-state index in [2.05, 4.69) is 33.2 Å². The van der Waals surface area contributed by atoms with Crippen molar-refractivity contribution in [1.82, 2.24) is 5.01 Å². The first-order chi connectivity index (χ1) is 15.5. The van der Waals surface area contributed by atoms with Crippen LogP contribution in [0.4, 0.5) is 0 Å². The minimum atomic E-state index is -0.267. The molecule has 2 aliphatic carbocycles. The highest BCUT2D eigenvalue weighted by Gasteiger charge is 2.59. The number of rotatable bonds is 6. The molecule has 164 valence electrons. The predicted octanol–water partition coefficient (Wildman–Crippen LogP) is 4.83. The van der Waals surface area contributed by atoms with Crippen LogP contribution < -0.4 is 9.47 Å². The van der Waals surface area contributed by atoms with Gasteiger partial charge in [-0.1, -0.05) is 35.9 Å². The van der Waals surface area contributed by atoms with Crippen LogP contribution in [0.25, 0.3) is 0 Å². The Kier molecular flexibility index (Phi) is 5.55. The van der Waals surface area contributed by atoms with E-state index in [1.54, 1.807) is 19.2 Å². The molecule has 2 aromatic carbocycles. The summed E-state index contributed by atoms with van der Waals surface area (Å²) in [7, 11) is 1.55. The van der Waals surface area contributed by atoms with Gasteiger partial charge in [-0.15, -0.1) is 0 Å². The summed E-state index contributed by atoms with van der Waals surface area (Å²) in [6, 6.07) is 10.9. The molecule has 1 aliphatic heterocycles. The Labute approximate surface area is 199 Å². The van der Waals surface area contributed by atoms with Crippen molar-refractivity contribution in [3.8, 4) is 11.5 Å². The Bertz CT molecular complexity index is 1120. The zero-order valence-electron chi connectivity index (χ0n) is 17.2. The topological polar surface area (TPSA) is 68.2 Å². The molecule has 2 aromatic rings. The number of carbonyl (C=O) groups excluding carboxylic acids is 2. The van der Waals surface area contributed by atoms with E-state index in [-0.39, 0.29) is 35.5 Å². The molecule has 3 aliphatic rings. The Morgan fingerprint density at radius 2 is 1.75 bits per heavy atom. The number of carbonyl (C=O) groups is 2. The van der Waals surface area contributed by atoms with E-state index >= 15 is 0 Å². The van der Waals surface area contributed by atoms with E-state index in [0.29, 0.717) is 33.2 Å². The van der Waals surface area contributed by atoms with Gasteiger partial charge >= 0.3 is 0 Å². The molecule has 2 amide bonds. The number of imide groups is 1. The number of nitrogens with zero attached hydrogens (tertiary/aromatic N) is 2. The number of ether oxygens (including phenoxy) is 2. The lowest BCUT2D eigenvalue weighted by atomic mass is 9.85. The van der Waals surface area contributed by atoms with Gasteiger partial charge in [0.15, 0.2) is 11.5 Å². The molecule has 0 aromatic heterocycles. The second kappa shape index (κ2) is 8.37. The number of allylic oxidation sites excluding steroid dienone is 2. The first-order valence-electron chi connectivity index (χ1n) is 10.3. The lowest BCUT2D eigenvalue weighted by molar-refractivity contribution is -0.140. The number of halogens is 2. The highest BCUT2D eigenvalue weighted by atomic mass is 79.9. The summed E-state index contributed by atoms with van der Waals surface area (Å²) in [5.41, 5.74) is 1.64. The third kappa shape index (κ3) is 3.63. The summed E-state index contributed by atoms with van der Waals surface area (Å²) < 4.78 is 12.1. The quantitative estimate of drug-likeness (QED) is 0.314. The molecule has 0 spiro atoms. The Balaban J connectivity index is 1.33. The highest BCUT2D eigenvalue weighted by Crippen LogP contribution is 2.52. The first kappa shape index (κ1) is 21.2. The average molecular weight is 516 g/mol. The van der Waals surface area contributed by atoms with Crippen LogP contribution in [-0.4, -0.2) is 30.1 Å². The molecule has 0 unspecified atom stereocenters. The van der Waals surface area contributed by atoms with Crippen molar-refractivity contribution in [2.45, 2.75) is 13.0 Å². The number of hydrogen-bond donors (Lipinski definition) is 0. The van der Waals surface area contributed by atoms with Crippen molar-refractivity contribution < 1.29 is 19.1 Å². The van der Waals surface area contributed by atoms with Gasteiger partial charge in [0, 0.05) is 15.1 Å². The molecule has 32 heavy (non-hydrogen) atoms. The Hall–Kier alpha value is -2.64. The molecular weight excluding hydrogens is 496 g/mol. The summed E-state index contributed by atoms with van der Waals surface area (Å²) in [4.78, 5) is 25.6. The molecule has 1 heterocycles. The molecular formula is C24H20BrClN2O4. The van der Waals surface area contributed by atoms with E-state index in [1.807, 2.05) is 24.3 Å². The van der Waals surface area contributed by atoms with Crippen LogP contribution in [0.5, 0.6) is 11.5 Å². The monoisotopic (exact) mass is 514 g/mol.